The zero-order valence-corrected chi connectivity index (χ0v) is 11.5. The summed E-state index contributed by atoms with van der Waals surface area (Å²) in [5.41, 5.74) is -0.0392. The van der Waals surface area contributed by atoms with E-state index in [1.807, 2.05) is 4.90 Å². The maximum absolute atomic E-state index is 11.9. The van der Waals surface area contributed by atoms with Gasteiger partial charge in [-0.05, 0) is 25.6 Å². The van der Waals surface area contributed by atoms with Crippen LogP contribution in [0.25, 0.3) is 0 Å². The Kier molecular flexibility index (Phi) is 5.07. The highest BCUT2D eigenvalue weighted by Gasteiger charge is 2.15. The van der Waals surface area contributed by atoms with Crippen molar-refractivity contribution in [1.82, 2.24) is 10.2 Å². The number of phenolic OH excluding ortho intramolecular Hbond substituents is 1. The average molecular weight is 294 g/mol. The van der Waals surface area contributed by atoms with Gasteiger partial charge in [0, 0.05) is 19.2 Å². The summed E-state index contributed by atoms with van der Waals surface area (Å²) < 4.78 is 0. The summed E-state index contributed by atoms with van der Waals surface area (Å²) in [5, 5.41) is 26.1. The molecule has 1 aromatic carbocycles. The highest BCUT2D eigenvalue weighted by atomic mass is 16.6. The maximum atomic E-state index is 11.9. The first-order chi connectivity index (χ1) is 10.1. The summed E-state index contributed by atoms with van der Waals surface area (Å²) in [4.78, 5) is 23.9. The van der Waals surface area contributed by atoms with Crippen LogP contribution in [0.3, 0.4) is 0 Å². The average Bonchev–Trinajstić information content (AvgIpc) is 2.69. The standard InChI is InChI=1S/C13H18N4O4/c18-12-8-10(17(20)21)2-3-11(12)15-13(19)9-16-6-1-4-14-5-7-16/h2-3,8,14,18H,1,4-7,9H2,(H,15,19). The minimum atomic E-state index is -0.602. The molecule has 0 bridgehead atoms. The van der Waals surface area contributed by atoms with Crippen LogP contribution in [0, 0.1) is 10.1 Å². The molecule has 1 saturated heterocycles. The number of phenols is 1. The second-order valence-corrected chi connectivity index (χ2v) is 4.89. The molecule has 1 aromatic rings. The Labute approximate surface area is 121 Å². The van der Waals surface area contributed by atoms with E-state index < -0.39 is 4.92 Å². The van der Waals surface area contributed by atoms with Crippen molar-refractivity contribution >= 4 is 17.3 Å². The van der Waals surface area contributed by atoms with Crippen LogP contribution in [0.15, 0.2) is 18.2 Å². The SMILES string of the molecule is O=C(CN1CCCNCC1)Nc1ccc([N+](=O)[O-])cc1O. The third-order valence-corrected chi connectivity index (χ3v) is 3.27. The molecule has 1 heterocycles. The molecular formula is C13H18N4O4. The van der Waals surface area contributed by atoms with Gasteiger partial charge in [-0.15, -0.1) is 0 Å². The lowest BCUT2D eigenvalue weighted by Crippen LogP contribution is -2.35. The highest BCUT2D eigenvalue weighted by molar-refractivity contribution is 5.93. The second-order valence-electron chi connectivity index (χ2n) is 4.89. The minimum absolute atomic E-state index is 0.179. The minimum Gasteiger partial charge on any atom is -0.506 e. The molecule has 0 aliphatic carbocycles. The fourth-order valence-electron chi connectivity index (χ4n) is 2.19. The van der Waals surface area contributed by atoms with E-state index in [1.165, 1.54) is 12.1 Å². The lowest BCUT2D eigenvalue weighted by atomic mass is 10.2. The topological polar surface area (TPSA) is 108 Å². The predicted molar refractivity (Wildman–Crippen MR) is 77.3 cm³/mol. The van der Waals surface area contributed by atoms with Gasteiger partial charge in [-0.3, -0.25) is 19.8 Å². The van der Waals surface area contributed by atoms with Crippen molar-refractivity contribution in [1.29, 1.82) is 0 Å². The Morgan fingerprint density at radius 2 is 2.24 bits per heavy atom. The molecule has 21 heavy (non-hydrogen) atoms. The van der Waals surface area contributed by atoms with E-state index in [0.29, 0.717) is 0 Å². The van der Waals surface area contributed by atoms with E-state index in [1.54, 1.807) is 0 Å². The van der Waals surface area contributed by atoms with Gasteiger partial charge < -0.3 is 15.7 Å². The number of nitrogens with one attached hydrogen (secondary N) is 2. The molecule has 0 atom stereocenters. The smallest absolute Gasteiger partial charge is 0.273 e. The van der Waals surface area contributed by atoms with E-state index in [9.17, 15) is 20.0 Å². The van der Waals surface area contributed by atoms with Crippen LogP contribution in [0.1, 0.15) is 6.42 Å². The van der Waals surface area contributed by atoms with Crippen molar-refractivity contribution in [3.8, 4) is 5.75 Å². The first-order valence-electron chi connectivity index (χ1n) is 6.76. The number of nitrogens with zero attached hydrogens (tertiary/aromatic N) is 2. The molecule has 0 aromatic heterocycles. The van der Waals surface area contributed by atoms with Crippen LogP contribution in [-0.4, -0.2) is 53.6 Å². The summed E-state index contributed by atoms with van der Waals surface area (Å²) in [5.74, 6) is -0.559. The number of rotatable bonds is 4. The number of amides is 1. The van der Waals surface area contributed by atoms with Crippen LogP contribution < -0.4 is 10.6 Å². The summed E-state index contributed by atoms with van der Waals surface area (Å²) in [6.45, 7) is 3.65. The molecule has 1 amide bonds. The van der Waals surface area contributed by atoms with Crippen molar-refractivity contribution in [3.63, 3.8) is 0 Å². The summed E-state index contributed by atoms with van der Waals surface area (Å²) in [6, 6.07) is 3.59. The molecule has 0 saturated carbocycles. The van der Waals surface area contributed by atoms with Crippen LogP contribution >= 0.6 is 0 Å². The molecule has 0 unspecified atom stereocenters. The lowest BCUT2D eigenvalue weighted by Gasteiger charge is -2.18. The number of hydrogen-bond acceptors (Lipinski definition) is 6. The number of hydrogen-bond donors (Lipinski definition) is 3. The van der Waals surface area contributed by atoms with E-state index in [4.69, 9.17) is 0 Å². The Morgan fingerprint density at radius 3 is 2.95 bits per heavy atom. The zero-order chi connectivity index (χ0) is 15.2. The van der Waals surface area contributed by atoms with Crippen molar-refractivity contribution < 1.29 is 14.8 Å². The molecule has 1 aliphatic heterocycles. The Morgan fingerprint density at radius 1 is 1.43 bits per heavy atom. The summed E-state index contributed by atoms with van der Waals surface area (Å²) >= 11 is 0. The first-order valence-corrected chi connectivity index (χ1v) is 6.76. The molecule has 8 heteroatoms. The Balaban J connectivity index is 1.94. The number of non-ortho nitro benzene ring substituents is 1. The molecule has 1 fully saturated rings. The van der Waals surface area contributed by atoms with Gasteiger partial charge in [-0.2, -0.15) is 0 Å². The number of aromatic hydroxyl groups is 1. The van der Waals surface area contributed by atoms with Gasteiger partial charge in [0.05, 0.1) is 23.2 Å². The zero-order valence-electron chi connectivity index (χ0n) is 11.5. The van der Waals surface area contributed by atoms with Crippen LogP contribution in [-0.2, 0) is 4.79 Å². The molecule has 0 radical (unpaired) electrons. The van der Waals surface area contributed by atoms with Crippen LogP contribution in [0.5, 0.6) is 5.75 Å². The van der Waals surface area contributed by atoms with Crippen LogP contribution in [0.4, 0.5) is 11.4 Å². The van der Waals surface area contributed by atoms with Gasteiger partial charge >= 0.3 is 0 Å². The van der Waals surface area contributed by atoms with E-state index in [-0.39, 0.29) is 29.6 Å². The molecule has 114 valence electrons. The number of carbonyl (C=O) groups excluding carboxylic acids is 1. The van der Waals surface area contributed by atoms with Crippen molar-refractivity contribution in [2.45, 2.75) is 6.42 Å². The fourth-order valence-corrected chi connectivity index (χ4v) is 2.19. The normalized spacial score (nSPS) is 16.2. The van der Waals surface area contributed by atoms with Crippen LogP contribution in [0.2, 0.25) is 0 Å². The van der Waals surface area contributed by atoms with Gasteiger partial charge in [0.2, 0.25) is 5.91 Å². The molecule has 2 rings (SSSR count). The second kappa shape index (κ2) is 7.00. The third kappa shape index (κ3) is 4.40. The van der Waals surface area contributed by atoms with Crippen molar-refractivity contribution in [3.05, 3.63) is 28.3 Å². The van der Waals surface area contributed by atoms with E-state index in [2.05, 4.69) is 10.6 Å². The first kappa shape index (κ1) is 15.2. The summed E-state index contributed by atoms with van der Waals surface area (Å²) in [7, 11) is 0. The predicted octanol–water partition coefficient (Wildman–Crippen LogP) is 0.534. The maximum Gasteiger partial charge on any atom is 0.273 e. The quantitative estimate of drug-likeness (QED) is 0.425. The fraction of sp³-hybridized carbons (Fsp3) is 0.462. The summed E-state index contributed by atoms with van der Waals surface area (Å²) in [6.07, 6.45) is 0.982. The van der Waals surface area contributed by atoms with Gasteiger partial charge in [0.25, 0.3) is 5.69 Å². The van der Waals surface area contributed by atoms with Crippen molar-refractivity contribution in [2.24, 2.45) is 0 Å². The number of anilines is 1. The highest BCUT2D eigenvalue weighted by Crippen LogP contribution is 2.27. The number of benzene rings is 1. The Bertz CT molecular complexity index is 527. The van der Waals surface area contributed by atoms with Gasteiger partial charge in [-0.25, -0.2) is 0 Å². The molecule has 8 nitrogen and oxygen atoms in total. The number of nitro benzene ring substituents is 1. The third-order valence-electron chi connectivity index (χ3n) is 3.27. The molecule has 0 spiro atoms. The van der Waals surface area contributed by atoms with Gasteiger partial charge in [0.15, 0.2) is 0 Å². The van der Waals surface area contributed by atoms with Gasteiger partial charge in [-0.1, -0.05) is 0 Å². The number of carbonyl (C=O) groups is 1. The molecular weight excluding hydrogens is 276 g/mol. The van der Waals surface area contributed by atoms with E-state index in [0.717, 1.165) is 38.7 Å². The van der Waals surface area contributed by atoms with E-state index >= 15 is 0 Å². The number of nitro groups is 1. The van der Waals surface area contributed by atoms with Crippen molar-refractivity contribution in [2.75, 3.05) is 38.0 Å². The van der Waals surface area contributed by atoms with Gasteiger partial charge in [0.1, 0.15) is 5.75 Å². The molecule has 3 N–H and O–H groups in total. The monoisotopic (exact) mass is 294 g/mol. The Hall–Kier alpha value is -2.19. The molecule has 1 aliphatic rings. The lowest BCUT2D eigenvalue weighted by molar-refractivity contribution is -0.384. The largest absolute Gasteiger partial charge is 0.506 e.